The van der Waals surface area contributed by atoms with E-state index in [1.54, 1.807) is 6.07 Å². The zero-order valence-corrected chi connectivity index (χ0v) is 9.80. The molecule has 0 unspecified atom stereocenters. The topological polar surface area (TPSA) is 31.2 Å². The van der Waals surface area contributed by atoms with Gasteiger partial charge in [0, 0.05) is 18.9 Å². The quantitative estimate of drug-likeness (QED) is 0.755. The average molecular weight is 229 g/mol. The second-order valence-corrected chi connectivity index (χ2v) is 3.73. The molecule has 1 aromatic heterocycles. The van der Waals surface area contributed by atoms with E-state index in [9.17, 15) is 4.79 Å². The molecule has 3 heteroatoms. The molecule has 17 heavy (non-hydrogen) atoms. The minimum Gasteiger partial charge on any atom is -0.462 e. The van der Waals surface area contributed by atoms with Crippen molar-refractivity contribution in [2.24, 2.45) is 0 Å². The number of esters is 1. The average Bonchev–Trinajstić information content (AvgIpc) is 2.83. The summed E-state index contributed by atoms with van der Waals surface area (Å²) in [5.74, 6) is -0.254. The van der Waals surface area contributed by atoms with Gasteiger partial charge in [-0.3, -0.25) is 0 Å². The van der Waals surface area contributed by atoms with Crippen LogP contribution in [0.3, 0.4) is 0 Å². The van der Waals surface area contributed by atoms with E-state index >= 15 is 0 Å². The van der Waals surface area contributed by atoms with Crippen molar-refractivity contribution in [2.45, 2.75) is 13.5 Å². The van der Waals surface area contributed by atoms with Crippen LogP contribution >= 0.6 is 0 Å². The zero-order chi connectivity index (χ0) is 12.1. The SMILES string of the molecule is CCOC(=O)c1ccccc1Cn1cccc1. The summed E-state index contributed by atoms with van der Waals surface area (Å²) in [6, 6.07) is 11.5. The summed E-state index contributed by atoms with van der Waals surface area (Å²) in [5, 5.41) is 0. The van der Waals surface area contributed by atoms with Gasteiger partial charge in [0.2, 0.25) is 0 Å². The molecule has 0 fully saturated rings. The molecule has 0 saturated carbocycles. The largest absolute Gasteiger partial charge is 0.462 e. The van der Waals surface area contributed by atoms with E-state index in [4.69, 9.17) is 4.74 Å². The molecule has 88 valence electrons. The fourth-order valence-electron chi connectivity index (χ4n) is 1.74. The van der Waals surface area contributed by atoms with Crippen LogP contribution in [0, 0.1) is 0 Å². The van der Waals surface area contributed by atoms with Gasteiger partial charge < -0.3 is 9.30 Å². The monoisotopic (exact) mass is 229 g/mol. The Labute approximate surface area is 101 Å². The van der Waals surface area contributed by atoms with Crippen LogP contribution in [0.4, 0.5) is 0 Å². The molecule has 2 rings (SSSR count). The van der Waals surface area contributed by atoms with Crippen molar-refractivity contribution in [3.05, 3.63) is 59.9 Å². The van der Waals surface area contributed by atoms with Gasteiger partial charge in [-0.1, -0.05) is 18.2 Å². The molecule has 0 aliphatic heterocycles. The highest BCUT2D eigenvalue weighted by atomic mass is 16.5. The normalized spacial score (nSPS) is 10.2. The van der Waals surface area contributed by atoms with Crippen LogP contribution in [0.2, 0.25) is 0 Å². The van der Waals surface area contributed by atoms with Gasteiger partial charge >= 0.3 is 5.97 Å². The Kier molecular flexibility index (Phi) is 3.60. The first kappa shape index (κ1) is 11.5. The number of carbonyl (C=O) groups is 1. The first-order valence-electron chi connectivity index (χ1n) is 5.67. The zero-order valence-electron chi connectivity index (χ0n) is 9.80. The Morgan fingerprint density at radius 2 is 1.88 bits per heavy atom. The Morgan fingerprint density at radius 1 is 1.18 bits per heavy atom. The number of hydrogen-bond donors (Lipinski definition) is 0. The fraction of sp³-hybridized carbons (Fsp3) is 0.214. The predicted octanol–water partition coefficient (Wildman–Crippen LogP) is 2.71. The predicted molar refractivity (Wildman–Crippen MR) is 65.9 cm³/mol. The molecule has 0 bridgehead atoms. The molecule has 0 N–H and O–H groups in total. The minimum atomic E-state index is -0.254. The summed E-state index contributed by atoms with van der Waals surface area (Å²) in [6.45, 7) is 2.89. The first-order valence-corrected chi connectivity index (χ1v) is 5.67. The molecule has 0 aliphatic rings. The smallest absolute Gasteiger partial charge is 0.338 e. The molecule has 0 atom stereocenters. The number of hydrogen-bond acceptors (Lipinski definition) is 2. The van der Waals surface area contributed by atoms with E-state index in [0.717, 1.165) is 5.56 Å². The Bertz CT molecular complexity index is 489. The van der Waals surface area contributed by atoms with Gasteiger partial charge in [-0.05, 0) is 30.7 Å². The van der Waals surface area contributed by atoms with Crippen molar-refractivity contribution in [2.75, 3.05) is 6.61 Å². The molecule has 2 aromatic rings. The van der Waals surface area contributed by atoms with E-state index in [1.807, 2.05) is 54.2 Å². The molecule has 0 amide bonds. The molecule has 3 nitrogen and oxygen atoms in total. The summed E-state index contributed by atoms with van der Waals surface area (Å²) in [7, 11) is 0. The van der Waals surface area contributed by atoms with E-state index < -0.39 is 0 Å². The summed E-state index contributed by atoms with van der Waals surface area (Å²) < 4.78 is 7.07. The number of rotatable bonds is 4. The van der Waals surface area contributed by atoms with Crippen molar-refractivity contribution in [3.63, 3.8) is 0 Å². The van der Waals surface area contributed by atoms with Crippen LogP contribution in [0.15, 0.2) is 48.8 Å². The molecule has 0 radical (unpaired) electrons. The third-order valence-corrected chi connectivity index (χ3v) is 2.53. The summed E-state index contributed by atoms with van der Waals surface area (Å²) in [5.41, 5.74) is 1.62. The number of nitrogens with zero attached hydrogens (tertiary/aromatic N) is 1. The molecular weight excluding hydrogens is 214 g/mol. The summed E-state index contributed by atoms with van der Waals surface area (Å²) in [6.07, 6.45) is 3.95. The van der Waals surface area contributed by atoms with Crippen LogP contribution in [0.25, 0.3) is 0 Å². The summed E-state index contributed by atoms with van der Waals surface area (Å²) >= 11 is 0. The maximum absolute atomic E-state index is 11.8. The van der Waals surface area contributed by atoms with Crippen LogP contribution in [-0.4, -0.2) is 17.1 Å². The lowest BCUT2D eigenvalue weighted by atomic mass is 10.1. The highest BCUT2D eigenvalue weighted by Crippen LogP contribution is 2.12. The number of carbonyl (C=O) groups excluding carboxylic acids is 1. The van der Waals surface area contributed by atoms with Gasteiger partial charge in [0.15, 0.2) is 0 Å². The van der Waals surface area contributed by atoms with Crippen molar-refractivity contribution in [1.82, 2.24) is 4.57 Å². The van der Waals surface area contributed by atoms with Gasteiger partial charge in [-0.15, -0.1) is 0 Å². The van der Waals surface area contributed by atoms with Gasteiger partial charge in [-0.25, -0.2) is 4.79 Å². The van der Waals surface area contributed by atoms with Crippen molar-refractivity contribution in [1.29, 1.82) is 0 Å². The van der Waals surface area contributed by atoms with Crippen molar-refractivity contribution < 1.29 is 9.53 Å². The van der Waals surface area contributed by atoms with E-state index in [1.165, 1.54) is 0 Å². The Balaban J connectivity index is 2.24. The second-order valence-electron chi connectivity index (χ2n) is 3.73. The van der Waals surface area contributed by atoms with E-state index in [-0.39, 0.29) is 5.97 Å². The lowest BCUT2D eigenvalue weighted by Gasteiger charge is -2.09. The number of ether oxygens (including phenoxy) is 1. The Morgan fingerprint density at radius 3 is 2.59 bits per heavy atom. The highest BCUT2D eigenvalue weighted by Gasteiger charge is 2.11. The van der Waals surface area contributed by atoms with Crippen LogP contribution in [-0.2, 0) is 11.3 Å². The second kappa shape index (κ2) is 5.34. The molecule has 1 heterocycles. The molecule has 0 spiro atoms. The third-order valence-electron chi connectivity index (χ3n) is 2.53. The molecule has 0 saturated heterocycles. The van der Waals surface area contributed by atoms with Crippen molar-refractivity contribution >= 4 is 5.97 Å². The number of benzene rings is 1. The molecular formula is C14H15NO2. The maximum atomic E-state index is 11.8. The first-order chi connectivity index (χ1) is 8.31. The lowest BCUT2D eigenvalue weighted by Crippen LogP contribution is -2.09. The number of aromatic nitrogens is 1. The maximum Gasteiger partial charge on any atom is 0.338 e. The molecule has 0 aliphatic carbocycles. The van der Waals surface area contributed by atoms with Crippen molar-refractivity contribution in [3.8, 4) is 0 Å². The van der Waals surface area contributed by atoms with Crippen LogP contribution in [0.1, 0.15) is 22.8 Å². The van der Waals surface area contributed by atoms with Crippen LogP contribution in [0.5, 0.6) is 0 Å². The Hall–Kier alpha value is -2.03. The fourth-order valence-corrected chi connectivity index (χ4v) is 1.74. The van der Waals surface area contributed by atoms with Crippen LogP contribution < -0.4 is 0 Å². The third kappa shape index (κ3) is 2.75. The van der Waals surface area contributed by atoms with Gasteiger partial charge in [0.25, 0.3) is 0 Å². The lowest BCUT2D eigenvalue weighted by molar-refractivity contribution is 0.0525. The summed E-state index contributed by atoms with van der Waals surface area (Å²) in [4.78, 5) is 11.8. The van der Waals surface area contributed by atoms with Gasteiger partial charge in [0.1, 0.15) is 0 Å². The van der Waals surface area contributed by atoms with E-state index in [2.05, 4.69) is 0 Å². The standard InChI is InChI=1S/C14H15NO2/c1-2-17-14(16)13-8-4-3-7-12(13)11-15-9-5-6-10-15/h3-10H,2,11H2,1H3. The molecule has 1 aromatic carbocycles. The minimum absolute atomic E-state index is 0.254. The highest BCUT2D eigenvalue weighted by molar-refractivity contribution is 5.91. The van der Waals surface area contributed by atoms with Gasteiger partial charge in [0.05, 0.1) is 12.2 Å². The van der Waals surface area contributed by atoms with Gasteiger partial charge in [-0.2, -0.15) is 0 Å². The van der Waals surface area contributed by atoms with E-state index in [0.29, 0.717) is 18.7 Å².